The fourth-order valence-corrected chi connectivity index (χ4v) is 9.53. The van der Waals surface area contributed by atoms with Gasteiger partial charge in [-0.05, 0) is 109 Å². The average molecular weight is 678 g/mol. The maximum atomic E-state index is 6.99. The molecular formula is C47H55N3O. The standard InChI is InChI=1S/C47H55N3O/c1-4-48-43-21-12-11-17-36(43)28-33-14-13-20-39(29-33)51-40-23-24-41-42-30-35(34-15-7-5-8-16-34)22-25-44(42)50(45(41)32-40)46-31-38(26-27-49-46)47(2,3)37-18-9-6-10-19-37/h5-10,12-13,15-16,18-22,24-25,27,30-33,36,38-40,42-44,48H,4,11,14,17,23,26,28-29H2,1-3H3. The van der Waals surface area contributed by atoms with Crippen molar-refractivity contribution < 1.29 is 4.74 Å². The van der Waals surface area contributed by atoms with E-state index in [0.717, 1.165) is 31.6 Å². The van der Waals surface area contributed by atoms with Crippen LogP contribution in [0.5, 0.6) is 0 Å². The molecule has 8 atom stereocenters. The number of fused-ring (bicyclic) bond motifs is 3. The minimum Gasteiger partial charge on any atom is -0.366 e. The molecule has 264 valence electrons. The summed E-state index contributed by atoms with van der Waals surface area (Å²) in [5.74, 6) is 3.06. The summed E-state index contributed by atoms with van der Waals surface area (Å²) < 4.78 is 6.99. The smallest absolute Gasteiger partial charge is 0.129 e. The molecule has 1 fully saturated rings. The molecule has 2 aromatic carbocycles. The summed E-state index contributed by atoms with van der Waals surface area (Å²) >= 11 is 0. The number of likely N-dealkylation sites (tertiary alicyclic amines) is 1. The Morgan fingerprint density at radius 3 is 2.53 bits per heavy atom. The zero-order valence-corrected chi connectivity index (χ0v) is 30.7. The molecule has 0 bridgehead atoms. The molecule has 1 N–H and O–H groups in total. The van der Waals surface area contributed by atoms with Gasteiger partial charge in [-0.15, -0.1) is 0 Å². The Morgan fingerprint density at radius 2 is 1.71 bits per heavy atom. The number of nitrogens with zero attached hydrogens (tertiary/aromatic N) is 2. The zero-order chi connectivity index (χ0) is 34.8. The summed E-state index contributed by atoms with van der Waals surface area (Å²) in [5.41, 5.74) is 6.61. The highest BCUT2D eigenvalue weighted by atomic mass is 16.5. The van der Waals surface area contributed by atoms with Crippen LogP contribution in [0.25, 0.3) is 5.57 Å². The van der Waals surface area contributed by atoms with Crippen LogP contribution in [0.4, 0.5) is 0 Å². The number of likely N-dealkylation sites (N-methyl/N-ethyl adjacent to an activating group) is 1. The van der Waals surface area contributed by atoms with Crippen molar-refractivity contribution in [3.8, 4) is 0 Å². The predicted octanol–water partition coefficient (Wildman–Crippen LogP) is 10.1. The summed E-state index contributed by atoms with van der Waals surface area (Å²) in [7, 11) is 0. The van der Waals surface area contributed by atoms with Gasteiger partial charge in [0.25, 0.3) is 0 Å². The predicted molar refractivity (Wildman–Crippen MR) is 212 cm³/mol. The quantitative estimate of drug-likeness (QED) is 0.254. The first kappa shape index (κ1) is 34.1. The second-order valence-electron chi connectivity index (χ2n) is 16.0. The van der Waals surface area contributed by atoms with E-state index in [4.69, 9.17) is 9.73 Å². The van der Waals surface area contributed by atoms with E-state index in [1.54, 1.807) is 0 Å². The lowest BCUT2D eigenvalue weighted by Gasteiger charge is -2.37. The van der Waals surface area contributed by atoms with Gasteiger partial charge in [-0.2, -0.15) is 0 Å². The summed E-state index contributed by atoms with van der Waals surface area (Å²) in [5, 5.41) is 3.73. The third kappa shape index (κ3) is 7.10. The molecule has 2 aliphatic heterocycles. The van der Waals surface area contributed by atoms with Crippen LogP contribution in [0.15, 0.2) is 144 Å². The van der Waals surface area contributed by atoms with E-state index in [0.29, 0.717) is 23.8 Å². The number of allylic oxidation sites excluding steroid dienone is 6. The Morgan fingerprint density at radius 1 is 0.882 bits per heavy atom. The van der Waals surface area contributed by atoms with Gasteiger partial charge in [-0.1, -0.05) is 130 Å². The minimum atomic E-state index is -0.0173. The molecule has 51 heavy (non-hydrogen) atoms. The van der Waals surface area contributed by atoms with Crippen LogP contribution in [-0.2, 0) is 10.2 Å². The number of hydrogen-bond acceptors (Lipinski definition) is 4. The van der Waals surface area contributed by atoms with Crippen molar-refractivity contribution in [2.75, 3.05) is 6.54 Å². The normalized spacial score (nSPS) is 31.4. The maximum Gasteiger partial charge on any atom is 0.129 e. The third-order valence-electron chi connectivity index (χ3n) is 12.4. The summed E-state index contributed by atoms with van der Waals surface area (Å²) in [4.78, 5) is 7.66. The van der Waals surface area contributed by atoms with Crippen molar-refractivity contribution >= 4 is 11.8 Å². The lowest BCUT2D eigenvalue weighted by atomic mass is 9.71. The van der Waals surface area contributed by atoms with Gasteiger partial charge in [0.15, 0.2) is 0 Å². The molecule has 8 unspecified atom stereocenters. The second kappa shape index (κ2) is 14.9. The molecular weight excluding hydrogens is 623 g/mol. The topological polar surface area (TPSA) is 36.9 Å². The maximum absolute atomic E-state index is 6.99. The monoisotopic (exact) mass is 677 g/mol. The first-order valence-corrected chi connectivity index (χ1v) is 19.7. The molecule has 2 heterocycles. The SMILES string of the molecule is CCNC1C=CCCC1CC1CC=CC(OC2C=C3C(=CC2)C2C=C(c4ccccc4)C=CC2N3C2=CC(C(C)(C)c3ccccc3)CC=N2)C1. The highest BCUT2D eigenvalue weighted by Crippen LogP contribution is 2.49. The molecule has 0 spiro atoms. The average Bonchev–Trinajstić information content (AvgIpc) is 3.49. The van der Waals surface area contributed by atoms with Crippen LogP contribution in [0.1, 0.15) is 76.8 Å². The number of ether oxygens (including phenoxy) is 1. The Bertz CT molecular complexity index is 1790. The van der Waals surface area contributed by atoms with E-state index in [-0.39, 0.29) is 29.6 Å². The highest BCUT2D eigenvalue weighted by molar-refractivity contribution is 5.77. The molecule has 8 rings (SSSR count). The fraction of sp³-hybridized carbons (Fsp3) is 0.426. The fourth-order valence-electron chi connectivity index (χ4n) is 9.53. The number of aliphatic imine (C=N–C) groups is 1. The lowest BCUT2D eigenvalue weighted by molar-refractivity contribution is 0.0212. The van der Waals surface area contributed by atoms with Crippen molar-refractivity contribution in [2.45, 2.75) is 95.4 Å². The summed E-state index contributed by atoms with van der Waals surface area (Å²) in [6.45, 7) is 8.02. The summed E-state index contributed by atoms with van der Waals surface area (Å²) in [6.07, 6.45) is 34.4. The molecule has 0 saturated carbocycles. The molecule has 4 heteroatoms. The third-order valence-corrected chi connectivity index (χ3v) is 12.4. The molecule has 0 aromatic heterocycles. The molecule has 2 aromatic rings. The Balaban J connectivity index is 1.06. The largest absolute Gasteiger partial charge is 0.366 e. The van der Waals surface area contributed by atoms with Gasteiger partial charge in [-0.25, -0.2) is 4.99 Å². The second-order valence-corrected chi connectivity index (χ2v) is 16.0. The number of nitrogens with one attached hydrogen (secondary N) is 1. The number of benzene rings is 2. The van der Waals surface area contributed by atoms with Crippen molar-refractivity contribution in [3.63, 3.8) is 0 Å². The van der Waals surface area contributed by atoms with Crippen LogP contribution in [0.2, 0.25) is 0 Å². The first-order chi connectivity index (χ1) is 25.0. The number of hydrogen-bond donors (Lipinski definition) is 1. The van der Waals surface area contributed by atoms with Crippen molar-refractivity contribution in [1.82, 2.24) is 10.2 Å². The van der Waals surface area contributed by atoms with E-state index in [1.165, 1.54) is 53.7 Å². The van der Waals surface area contributed by atoms with Crippen LogP contribution in [0.3, 0.4) is 0 Å². The Hall–Kier alpha value is -3.99. The first-order valence-electron chi connectivity index (χ1n) is 19.7. The lowest BCUT2D eigenvalue weighted by Crippen LogP contribution is -2.37. The molecule has 1 saturated heterocycles. The van der Waals surface area contributed by atoms with Gasteiger partial charge in [0.05, 0.1) is 18.2 Å². The summed E-state index contributed by atoms with van der Waals surface area (Å²) in [6, 6.07) is 22.5. The van der Waals surface area contributed by atoms with E-state index in [2.05, 4.69) is 159 Å². The number of rotatable bonds is 10. The van der Waals surface area contributed by atoms with Crippen LogP contribution >= 0.6 is 0 Å². The molecule has 0 amide bonds. The minimum absolute atomic E-state index is 0.0173. The van der Waals surface area contributed by atoms with E-state index in [9.17, 15) is 0 Å². The zero-order valence-electron chi connectivity index (χ0n) is 30.7. The Labute approximate surface area is 306 Å². The van der Waals surface area contributed by atoms with Gasteiger partial charge >= 0.3 is 0 Å². The van der Waals surface area contributed by atoms with Gasteiger partial charge < -0.3 is 15.0 Å². The van der Waals surface area contributed by atoms with Crippen molar-refractivity contribution in [1.29, 1.82) is 0 Å². The highest BCUT2D eigenvalue weighted by Gasteiger charge is 2.44. The molecule has 4 aliphatic carbocycles. The molecule has 4 nitrogen and oxygen atoms in total. The van der Waals surface area contributed by atoms with Gasteiger partial charge in [0.1, 0.15) is 5.82 Å². The Kier molecular flexibility index (Phi) is 9.99. The van der Waals surface area contributed by atoms with Gasteiger partial charge in [0.2, 0.25) is 0 Å². The van der Waals surface area contributed by atoms with E-state index < -0.39 is 0 Å². The molecule has 6 aliphatic rings. The van der Waals surface area contributed by atoms with Crippen LogP contribution < -0.4 is 5.32 Å². The van der Waals surface area contributed by atoms with Crippen molar-refractivity contribution in [2.24, 2.45) is 28.7 Å². The van der Waals surface area contributed by atoms with Gasteiger partial charge in [-0.3, -0.25) is 0 Å². The van der Waals surface area contributed by atoms with E-state index >= 15 is 0 Å². The van der Waals surface area contributed by atoms with Crippen molar-refractivity contribution in [3.05, 3.63) is 150 Å². The van der Waals surface area contributed by atoms with Crippen LogP contribution in [0, 0.1) is 23.7 Å². The molecule has 0 radical (unpaired) electrons. The van der Waals surface area contributed by atoms with Crippen LogP contribution in [-0.4, -0.2) is 42.0 Å². The van der Waals surface area contributed by atoms with Gasteiger partial charge in [0, 0.05) is 23.9 Å². The van der Waals surface area contributed by atoms with E-state index in [1.807, 2.05) is 0 Å².